The summed E-state index contributed by atoms with van der Waals surface area (Å²) in [5.74, 6) is 0. The molecular formula is C11H13BrN2. The van der Waals surface area contributed by atoms with E-state index in [9.17, 15) is 0 Å². The first-order valence-electron chi connectivity index (χ1n) is 4.57. The van der Waals surface area contributed by atoms with Gasteiger partial charge < -0.3 is 5.73 Å². The maximum Gasteiger partial charge on any atom is 0.0991 e. The van der Waals surface area contributed by atoms with E-state index in [4.69, 9.17) is 11.0 Å². The van der Waals surface area contributed by atoms with Gasteiger partial charge in [0, 0.05) is 10.5 Å². The van der Waals surface area contributed by atoms with Crippen LogP contribution in [0.25, 0.3) is 0 Å². The number of benzene rings is 1. The van der Waals surface area contributed by atoms with Crippen LogP contribution < -0.4 is 5.73 Å². The van der Waals surface area contributed by atoms with Crippen molar-refractivity contribution in [3.8, 4) is 6.07 Å². The third-order valence-corrected chi connectivity index (χ3v) is 2.82. The summed E-state index contributed by atoms with van der Waals surface area (Å²) in [6.45, 7) is 1.99. The second kappa shape index (κ2) is 5.14. The molecule has 3 heteroatoms. The van der Waals surface area contributed by atoms with Crippen molar-refractivity contribution in [2.24, 2.45) is 5.73 Å². The molecule has 1 aromatic carbocycles. The van der Waals surface area contributed by atoms with Crippen LogP contribution in [0.2, 0.25) is 0 Å². The zero-order valence-corrected chi connectivity index (χ0v) is 9.71. The lowest BCUT2D eigenvalue weighted by Gasteiger charge is -2.07. The fourth-order valence-electron chi connectivity index (χ4n) is 1.22. The summed E-state index contributed by atoms with van der Waals surface area (Å²) in [7, 11) is 0. The predicted octanol–water partition coefficient (Wildman–Crippen LogP) is 2.60. The van der Waals surface area contributed by atoms with Gasteiger partial charge in [-0.15, -0.1) is 0 Å². The molecule has 74 valence electrons. The fourth-order valence-corrected chi connectivity index (χ4v) is 1.66. The molecule has 0 saturated heterocycles. The van der Waals surface area contributed by atoms with Crippen LogP contribution in [0.1, 0.15) is 24.5 Å². The molecule has 0 aliphatic rings. The Morgan fingerprint density at radius 1 is 1.57 bits per heavy atom. The van der Waals surface area contributed by atoms with Gasteiger partial charge in [0.05, 0.1) is 11.6 Å². The Morgan fingerprint density at radius 2 is 2.29 bits per heavy atom. The van der Waals surface area contributed by atoms with Crippen molar-refractivity contribution in [1.82, 2.24) is 0 Å². The molecule has 0 unspecified atom stereocenters. The molecule has 1 rings (SSSR count). The van der Waals surface area contributed by atoms with Crippen LogP contribution in [0.3, 0.4) is 0 Å². The quantitative estimate of drug-likeness (QED) is 0.900. The van der Waals surface area contributed by atoms with Crippen LogP contribution in [0.4, 0.5) is 0 Å². The number of hydrogen-bond acceptors (Lipinski definition) is 2. The molecule has 1 aromatic rings. The Bertz CT molecular complexity index is 353. The van der Waals surface area contributed by atoms with Gasteiger partial charge >= 0.3 is 0 Å². The van der Waals surface area contributed by atoms with Crippen LogP contribution >= 0.6 is 15.9 Å². The average Bonchev–Trinajstić information content (AvgIpc) is 2.16. The Hall–Kier alpha value is -0.850. The molecule has 0 aromatic heterocycles. The zero-order valence-electron chi connectivity index (χ0n) is 8.13. The van der Waals surface area contributed by atoms with Crippen molar-refractivity contribution < 1.29 is 0 Å². The summed E-state index contributed by atoms with van der Waals surface area (Å²) in [4.78, 5) is 0. The molecular weight excluding hydrogens is 240 g/mol. The largest absolute Gasteiger partial charge is 0.328 e. The Kier molecular flexibility index (Phi) is 4.12. The average molecular weight is 253 g/mol. The number of rotatable bonds is 3. The topological polar surface area (TPSA) is 49.8 Å². The Balaban J connectivity index is 2.80. The first kappa shape index (κ1) is 11.2. The van der Waals surface area contributed by atoms with Gasteiger partial charge in [0.15, 0.2) is 0 Å². The number of nitriles is 1. The van der Waals surface area contributed by atoms with Gasteiger partial charge in [-0.25, -0.2) is 0 Å². The smallest absolute Gasteiger partial charge is 0.0991 e. The minimum atomic E-state index is 0.202. The third-order valence-electron chi connectivity index (χ3n) is 2.04. The lowest BCUT2D eigenvalue weighted by Crippen LogP contribution is -2.15. The van der Waals surface area contributed by atoms with Gasteiger partial charge in [-0.1, -0.05) is 15.9 Å². The minimum absolute atomic E-state index is 0.202. The monoisotopic (exact) mass is 252 g/mol. The maximum atomic E-state index is 8.74. The highest BCUT2D eigenvalue weighted by Gasteiger charge is 2.03. The van der Waals surface area contributed by atoms with E-state index >= 15 is 0 Å². The normalized spacial score (nSPS) is 12.1. The first-order valence-corrected chi connectivity index (χ1v) is 5.37. The number of nitrogens with zero attached hydrogens (tertiary/aromatic N) is 1. The summed E-state index contributed by atoms with van der Waals surface area (Å²) in [6, 6.07) is 7.96. The summed E-state index contributed by atoms with van der Waals surface area (Å²) >= 11 is 3.46. The molecule has 2 nitrogen and oxygen atoms in total. The van der Waals surface area contributed by atoms with E-state index in [0.717, 1.165) is 22.9 Å². The molecule has 0 amide bonds. The number of halogens is 1. The molecule has 0 aliphatic heterocycles. The van der Waals surface area contributed by atoms with Crippen LogP contribution in [0.15, 0.2) is 22.7 Å². The highest BCUT2D eigenvalue weighted by atomic mass is 79.9. The SMILES string of the molecule is C[C@H](N)CCc1cc(C#N)ccc1Br. The van der Waals surface area contributed by atoms with Crippen molar-refractivity contribution in [3.63, 3.8) is 0 Å². The van der Waals surface area contributed by atoms with Crippen molar-refractivity contribution in [2.75, 3.05) is 0 Å². The van der Waals surface area contributed by atoms with Crippen LogP contribution in [-0.4, -0.2) is 6.04 Å². The van der Waals surface area contributed by atoms with Gasteiger partial charge in [0.25, 0.3) is 0 Å². The van der Waals surface area contributed by atoms with Crippen LogP contribution in [-0.2, 0) is 6.42 Å². The van der Waals surface area contributed by atoms with Crippen molar-refractivity contribution in [3.05, 3.63) is 33.8 Å². The summed E-state index contributed by atoms with van der Waals surface area (Å²) in [5, 5.41) is 8.74. The molecule has 0 fully saturated rings. The molecule has 0 aliphatic carbocycles. The molecule has 0 saturated carbocycles. The molecule has 0 spiro atoms. The summed E-state index contributed by atoms with van der Waals surface area (Å²) < 4.78 is 1.05. The Morgan fingerprint density at radius 3 is 2.86 bits per heavy atom. The molecule has 0 radical (unpaired) electrons. The highest BCUT2D eigenvalue weighted by Crippen LogP contribution is 2.19. The van der Waals surface area contributed by atoms with E-state index in [1.807, 2.05) is 19.1 Å². The fraction of sp³-hybridized carbons (Fsp3) is 0.364. The first-order chi connectivity index (χ1) is 6.63. The number of hydrogen-bond donors (Lipinski definition) is 1. The lowest BCUT2D eigenvalue weighted by molar-refractivity contribution is 0.665. The molecule has 0 bridgehead atoms. The van der Waals surface area contributed by atoms with E-state index in [2.05, 4.69) is 22.0 Å². The van der Waals surface area contributed by atoms with E-state index < -0.39 is 0 Å². The summed E-state index contributed by atoms with van der Waals surface area (Å²) in [6.07, 6.45) is 1.85. The van der Waals surface area contributed by atoms with Crippen LogP contribution in [0.5, 0.6) is 0 Å². The Labute approximate surface area is 92.9 Å². The molecule has 14 heavy (non-hydrogen) atoms. The van der Waals surface area contributed by atoms with Crippen molar-refractivity contribution >= 4 is 15.9 Å². The predicted molar refractivity (Wildman–Crippen MR) is 60.8 cm³/mol. The van der Waals surface area contributed by atoms with Gasteiger partial charge in [0.1, 0.15) is 0 Å². The van der Waals surface area contributed by atoms with Gasteiger partial charge in [0.2, 0.25) is 0 Å². The lowest BCUT2D eigenvalue weighted by atomic mass is 10.0. The maximum absolute atomic E-state index is 8.74. The number of nitrogens with two attached hydrogens (primary N) is 1. The van der Waals surface area contributed by atoms with Crippen LogP contribution in [0, 0.1) is 11.3 Å². The minimum Gasteiger partial charge on any atom is -0.328 e. The van der Waals surface area contributed by atoms with Gasteiger partial charge in [-0.3, -0.25) is 0 Å². The summed E-state index contributed by atoms with van der Waals surface area (Å²) in [5.41, 5.74) is 7.54. The van der Waals surface area contributed by atoms with Gasteiger partial charge in [-0.05, 0) is 43.5 Å². The molecule has 1 atom stereocenters. The zero-order chi connectivity index (χ0) is 10.6. The molecule has 2 N–H and O–H groups in total. The highest BCUT2D eigenvalue weighted by molar-refractivity contribution is 9.10. The standard InChI is InChI=1S/C11H13BrN2/c1-8(14)2-4-10-6-9(7-13)3-5-11(10)12/h3,5-6,8H,2,4,14H2,1H3/t8-/m0/s1. The molecule has 0 heterocycles. The van der Waals surface area contributed by atoms with Crippen molar-refractivity contribution in [2.45, 2.75) is 25.8 Å². The van der Waals surface area contributed by atoms with E-state index in [1.54, 1.807) is 6.07 Å². The van der Waals surface area contributed by atoms with E-state index in [-0.39, 0.29) is 6.04 Å². The third kappa shape index (κ3) is 3.13. The number of aryl methyl sites for hydroxylation is 1. The van der Waals surface area contributed by atoms with E-state index in [0.29, 0.717) is 5.56 Å². The van der Waals surface area contributed by atoms with Gasteiger partial charge in [-0.2, -0.15) is 5.26 Å². The second-order valence-corrected chi connectivity index (χ2v) is 4.29. The van der Waals surface area contributed by atoms with E-state index in [1.165, 1.54) is 0 Å². The van der Waals surface area contributed by atoms with Crippen molar-refractivity contribution in [1.29, 1.82) is 5.26 Å². The second-order valence-electron chi connectivity index (χ2n) is 3.43.